The Morgan fingerprint density at radius 1 is 1.35 bits per heavy atom. The fourth-order valence-electron chi connectivity index (χ4n) is 4.51. The summed E-state index contributed by atoms with van der Waals surface area (Å²) in [5, 5.41) is 20.6. The van der Waals surface area contributed by atoms with E-state index >= 15 is 0 Å². The molecule has 2 fully saturated rings. The van der Waals surface area contributed by atoms with Crippen LogP contribution < -0.4 is 0 Å². The van der Waals surface area contributed by atoms with E-state index in [-0.39, 0.29) is 5.92 Å². The van der Waals surface area contributed by atoms with E-state index in [2.05, 4.69) is 0 Å². The fraction of sp³-hybridized carbons (Fsp3) is 0.588. The molecule has 0 saturated heterocycles. The van der Waals surface area contributed by atoms with Crippen molar-refractivity contribution in [3.8, 4) is 0 Å². The van der Waals surface area contributed by atoms with Crippen LogP contribution in [0.2, 0.25) is 0 Å². The second-order valence-corrected chi connectivity index (χ2v) is 6.86. The molecule has 0 aromatic heterocycles. The van der Waals surface area contributed by atoms with Crippen LogP contribution in [0.1, 0.15) is 44.6 Å². The van der Waals surface area contributed by atoms with Crippen LogP contribution in [0.15, 0.2) is 30.3 Å². The van der Waals surface area contributed by atoms with Crippen molar-refractivity contribution in [3.05, 3.63) is 35.9 Å². The zero-order chi connectivity index (χ0) is 14.4. The summed E-state index contributed by atoms with van der Waals surface area (Å²) >= 11 is 0. The van der Waals surface area contributed by atoms with Crippen LogP contribution >= 0.6 is 0 Å². The molecule has 20 heavy (non-hydrogen) atoms. The highest BCUT2D eigenvalue weighted by molar-refractivity contribution is 5.76. The number of fused-ring (bicyclic) bond motifs is 2. The summed E-state index contributed by atoms with van der Waals surface area (Å²) < 4.78 is 0. The zero-order valence-corrected chi connectivity index (χ0v) is 11.9. The molecule has 0 heterocycles. The van der Waals surface area contributed by atoms with E-state index in [1.54, 1.807) is 6.92 Å². The van der Waals surface area contributed by atoms with Crippen LogP contribution in [0, 0.1) is 17.3 Å². The van der Waals surface area contributed by atoms with Crippen molar-refractivity contribution in [1.82, 2.24) is 0 Å². The standard InChI is InChI=1S/C17H22O3/c1-16(20,13-5-3-2-4-6-13)11-17(15(18)19)10-12-7-8-14(17)9-12/h2-6,12,14,20H,7-11H2,1H3,(H,18,19). The van der Waals surface area contributed by atoms with Gasteiger partial charge in [0.25, 0.3) is 0 Å². The average Bonchev–Trinajstić information content (AvgIpc) is 3.00. The Morgan fingerprint density at radius 2 is 2.05 bits per heavy atom. The van der Waals surface area contributed by atoms with Crippen LogP contribution in [0.25, 0.3) is 0 Å². The summed E-state index contributed by atoms with van der Waals surface area (Å²) in [7, 11) is 0. The van der Waals surface area contributed by atoms with Gasteiger partial charge in [-0.15, -0.1) is 0 Å². The number of hydrogen-bond acceptors (Lipinski definition) is 2. The second-order valence-electron chi connectivity index (χ2n) is 6.86. The quantitative estimate of drug-likeness (QED) is 0.886. The second kappa shape index (κ2) is 4.59. The number of carbonyl (C=O) groups is 1. The van der Waals surface area contributed by atoms with Gasteiger partial charge < -0.3 is 10.2 Å². The van der Waals surface area contributed by atoms with Crippen LogP contribution in [0.3, 0.4) is 0 Å². The Morgan fingerprint density at radius 3 is 2.55 bits per heavy atom. The highest BCUT2D eigenvalue weighted by atomic mass is 16.4. The van der Waals surface area contributed by atoms with Gasteiger partial charge in [0.05, 0.1) is 11.0 Å². The summed E-state index contributed by atoms with van der Waals surface area (Å²) in [6, 6.07) is 9.44. The van der Waals surface area contributed by atoms with Crippen molar-refractivity contribution in [3.63, 3.8) is 0 Å². The summed E-state index contributed by atoms with van der Waals surface area (Å²) in [6.45, 7) is 1.75. The maximum absolute atomic E-state index is 11.9. The van der Waals surface area contributed by atoms with E-state index in [4.69, 9.17) is 0 Å². The van der Waals surface area contributed by atoms with Gasteiger partial charge in [0.2, 0.25) is 0 Å². The van der Waals surface area contributed by atoms with Gasteiger partial charge >= 0.3 is 5.97 Å². The van der Waals surface area contributed by atoms with Gasteiger partial charge in [-0.2, -0.15) is 0 Å². The van der Waals surface area contributed by atoms with Gasteiger partial charge in [-0.05, 0) is 50.0 Å². The SMILES string of the molecule is CC(O)(CC1(C(=O)O)CC2CCC1C2)c1ccccc1. The third-order valence-corrected chi connectivity index (χ3v) is 5.46. The molecule has 2 aliphatic rings. The van der Waals surface area contributed by atoms with Gasteiger partial charge in [0.15, 0.2) is 0 Å². The van der Waals surface area contributed by atoms with Crippen LogP contribution in [-0.4, -0.2) is 16.2 Å². The lowest BCUT2D eigenvalue weighted by Crippen LogP contribution is -2.42. The van der Waals surface area contributed by atoms with Gasteiger partial charge in [-0.25, -0.2) is 0 Å². The molecule has 4 atom stereocenters. The highest BCUT2D eigenvalue weighted by Crippen LogP contribution is 2.59. The van der Waals surface area contributed by atoms with Crippen molar-refractivity contribution in [2.45, 2.75) is 44.6 Å². The minimum atomic E-state index is -1.08. The van der Waals surface area contributed by atoms with Gasteiger partial charge in [0, 0.05) is 0 Å². The maximum Gasteiger partial charge on any atom is 0.310 e. The molecule has 2 N–H and O–H groups in total. The first-order valence-corrected chi connectivity index (χ1v) is 7.45. The first-order chi connectivity index (χ1) is 9.44. The molecule has 2 aliphatic carbocycles. The van der Waals surface area contributed by atoms with Crippen molar-refractivity contribution < 1.29 is 15.0 Å². The third kappa shape index (κ3) is 2.05. The summed E-state index contributed by atoms with van der Waals surface area (Å²) in [5.41, 5.74) is -1.00. The molecular weight excluding hydrogens is 252 g/mol. The monoisotopic (exact) mass is 274 g/mol. The molecule has 3 rings (SSSR count). The number of aliphatic hydroxyl groups is 1. The number of hydrogen-bond donors (Lipinski definition) is 2. The summed E-state index contributed by atoms with van der Waals surface area (Å²) in [6.07, 6.45) is 4.24. The minimum absolute atomic E-state index is 0.236. The van der Waals surface area contributed by atoms with E-state index in [1.807, 2.05) is 30.3 Å². The number of benzene rings is 1. The molecule has 2 bridgehead atoms. The maximum atomic E-state index is 11.9. The van der Waals surface area contributed by atoms with Crippen LogP contribution in [-0.2, 0) is 10.4 Å². The molecule has 1 aromatic carbocycles. The van der Waals surface area contributed by atoms with Gasteiger partial charge in [0.1, 0.15) is 0 Å². The molecule has 1 aromatic rings. The van der Waals surface area contributed by atoms with Crippen LogP contribution in [0.4, 0.5) is 0 Å². The Kier molecular flexibility index (Phi) is 3.13. The number of rotatable bonds is 4. The molecule has 0 spiro atoms. The Hall–Kier alpha value is -1.35. The molecule has 4 unspecified atom stereocenters. The minimum Gasteiger partial charge on any atom is -0.481 e. The Balaban J connectivity index is 1.90. The van der Waals surface area contributed by atoms with Crippen molar-refractivity contribution in [2.24, 2.45) is 17.3 Å². The Bertz CT molecular complexity index is 508. The topological polar surface area (TPSA) is 57.5 Å². The fourth-order valence-corrected chi connectivity index (χ4v) is 4.51. The first-order valence-electron chi connectivity index (χ1n) is 7.45. The van der Waals surface area contributed by atoms with Crippen molar-refractivity contribution in [1.29, 1.82) is 0 Å². The highest BCUT2D eigenvalue weighted by Gasteiger charge is 2.57. The smallest absolute Gasteiger partial charge is 0.310 e. The number of carboxylic acids is 1. The molecule has 3 nitrogen and oxygen atoms in total. The van der Waals surface area contributed by atoms with Crippen molar-refractivity contribution >= 4 is 5.97 Å². The number of carboxylic acid groups (broad SMARTS) is 1. The van der Waals surface area contributed by atoms with Gasteiger partial charge in [-0.3, -0.25) is 4.79 Å². The number of aliphatic carboxylic acids is 1. The molecule has 0 aliphatic heterocycles. The lowest BCUT2D eigenvalue weighted by molar-refractivity contribution is -0.158. The van der Waals surface area contributed by atoms with Crippen molar-refractivity contribution in [2.75, 3.05) is 0 Å². The zero-order valence-electron chi connectivity index (χ0n) is 11.9. The van der Waals surface area contributed by atoms with Gasteiger partial charge in [-0.1, -0.05) is 36.8 Å². The van der Waals surface area contributed by atoms with E-state index in [0.29, 0.717) is 12.3 Å². The largest absolute Gasteiger partial charge is 0.481 e. The third-order valence-electron chi connectivity index (χ3n) is 5.46. The molecular formula is C17H22O3. The molecule has 3 heteroatoms. The molecule has 0 amide bonds. The summed E-state index contributed by atoms with van der Waals surface area (Å²) in [5.74, 6) is 0.0590. The molecule has 0 radical (unpaired) electrons. The predicted molar refractivity (Wildman–Crippen MR) is 76.1 cm³/mol. The Labute approximate surface area is 119 Å². The average molecular weight is 274 g/mol. The normalized spacial score (nSPS) is 34.9. The first kappa shape index (κ1) is 13.6. The lowest BCUT2D eigenvalue weighted by Gasteiger charge is -2.39. The van der Waals surface area contributed by atoms with E-state index in [0.717, 1.165) is 31.2 Å². The predicted octanol–water partition coefficient (Wildman–Crippen LogP) is 3.18. The lowest BCUT2D eigenvalue weighted by atomic mass is 9.66. The summed E-state index contributed by atoms with van der Waals surface area (Å²) in [4.78, 5) is 11.9. The molecule has 2 saturated carbocycles. The van der Waals surface area contributed by atoms with E-state index in [1.165, 1.54) is 0 Å². The van der Waals surface area contributed by atoms with E-state index in [9.17, 15) is 15.0 Å². The van der Waals surface area contributed by atoms with E-state index < -0.39 is 17.0 Å². The molecule has 108 valence electrons. The van der Waals surface area contributed by atoms with Crippen LogP contribution in [0.5, 0.6) is 0 Å².